The van der Waals surface area contributed by atoms with Crippen molar-refractivity contribution in [3.05, 3.63) is 32.8 Å². The number of nitro benzene ring substituents is 1. The third-order valence-corrected chi connectivity index (χ3v) is 2.85. The van der Waals surface area contributed by atoms with Crippen molar-refractivity contribution in [1.29, 1.82) is 0 Å². The molecular weight excluding hydrogens is 260 g/mol. The van der Waals surface area contributed by atoms with Crippen molar-refractivity contribution in [3.8, 4) is 0 Å². The van der Waals surface area contributed by atoms with Crippen LogP contribution in [0.3, 0.4) is 0 Å². The lowest BCUT2D eigenvalue weighted by atomic mass is 10.1. The quantitative estimate of drug-likeness (QED) is 0.658. The number of carboxylic acids is 1. The Morgan fingerprint density at radius 2 is 2.00 bits per heavy atom. The molecule has 0 unspecified atom stereocenters. The van der Waals surface area contributed by atoms with E-state index >= 15 is 0 Å². The number of benzene rings is 1. The zero-order valence-corrected chi connectivity index (χ0v) is 10.8. The summed E-state index contributed by atoms with van der Waals surface area (Å²) in [6.45, 7) is 4.77. The van der Waals surface area contributed by atoms with Crippen LogP contribution in [0.2, 0.25) is 5.02 Å². The van der Waals surface area contributed by atoms with Crippen molar-refractivity contribution in [1.82, 2.24) is 0 Å². The molecule has 0 fully saturated rings. The van der Waals surface area contributed by atoms with E-state index in [-0.39, 0.29) is 22.0 Å². The fourth-order valence-corrected chi connectivity index (χ4v) is 2.03. The molecule has 18 heavy (non-hydrogen) atoms. The predicted octanol–water partition coefficient (Wildman–Crippen LogP) is 2.79. The van der Waals surface area contributed by atoms with Crippen molar-refractivity contribution in [3.63, 3.8) is 0 Å². The van der Waals surface area contributed by atoms with Crippen LogP contribution in [0.5, 0.6) is 0 Å². The second-order valence-electron chi connectivity index (χ2n) is 3.56. The minimum absolute atomic E-state index is 0.0744. The van der Waals surface area contributed by atoms with Gasteiger partial charge < -0.3 is 10.0 Å². The second-order valence-corrected chi connectivity index (χ2v) is 3.97. The van der Waals surface area contributed by atoms with E-state index in [4.69, 9.17) is 16.7 Å². The molecule has 1 aromatic carbocycles. The standard InChI is InChI=1S/C11H13ClN2O4/c1-3-13(4-2)10-8(12)5-7(11(15)16)6-9(10)14(17)18/h5-6H,3-4H2,1-2H3,(H,15,16). The monoisotopic (exact) mass is 272 g/mol. The Morgan fingerprint density at radius 3 is 2.39 bits per heavy atom. The molecule has 1 N–H and O–H groups in total. The van der Waals surface area contributed by atoms with Crippen LogP contribution in [0.4, 0.5) is 11.4 Å². The van der Waals surface area contributed by atoms with Crippen LogP contribution in [-0.2, 0) is 0 Å². The number of nitrogens with zero attached hydrogens (tertiary/aromatic N) is 2. The third-order valence-electron chi connectivity index (χ3n) is 2.57. The van der Waals surface area contributed by atoms with E-state index in [1.54, 1.807) is 4.90 Å². The average molecular weight is 273 g/mol. The summed E-state index contributed by atoms with van der Waals surface area (Å²) < 4.78 is 0. The van der Waals surface area contributed by atoms with Gasteiger partial charge >= 0.3 is 5.97 Å². The minimum Gasteiger partial charge on any atom is -0.478 e. The molecule has 1 rings (SSSR count). The molecule has 0 aliphatic heterocycles. The van der Waals surface area contributed by atoms with Crippen molar-refractivity contribution in [2.75, 3.05) is 18.0 Å². The van der Waals surface area contributed by atoms with E-state index in [1.165, 1.54) is 6.07 Å². The van der Waals surface area contributed by atoms with Gasteiger partial charge in [-0.05, 0) is 19.9 Å². The van der Waals surface area contributed by atoms with Crippen LogP contribution >= 0.6 is 11.6 Å². The lowest BCUT2D eigenvalue weighted by Gasteiger charge is -2.22. The van der Waals surface area contributed by atoms with E-state index in [9.17, 15) is 14.9 Å². The lowest BCUT2D eigenvalue weighted by molar-refractivity contribution is -0.384. The maximum Gasteiger partial charge on any atom is 0.335 e. The first-order valence-electron chi connectivity index (χ1n) is 5.38. The molecule has 0 atom stereocenters. The van der Waals surface area contributed by atoms with Gasteiger partial charge in [-0.3, -0.25) is 10.1 Å². The van der Waals surface area contributed by atoms with Gasteiger partial charge in [-0.25, -0.2) is 4.79 Å². The third kappa shape index (κ3) is 2.70. The first-order chi connectivity index (χ1) is 8.42. The highest BCUT2D eigenvalue weighted by Crippen LogP contribution is 2.36. The zero-order valence-electron chi connectivity index (χ0n) is 10.0. The molecule has 0 radical (unpaired) electrons. The first kappa shape index (κ1) is 14.2. The van der Waals surface area contributed by atoms with E-state index in [1.807, 2.05) is 13.8 Å². The number of anilines is 1. The van der Waals surface area contributed by atoms with Gasteiger partial charge in [-0.15, -0.1) is 0 Å². The summed E-state index contributed by atoms with van der Waals surface area (Å²) >= 11 is 5.97. The minimum atomic E-state index is -1.24. The Bertz CT molecular complexity index is 486. The predicted molar refractivity (Wildman–Crippen MR) is 68.6 cm³/mol. The fraction of sp³-hybridized carbons (Fsp3) is 0.364. The molecule has 7 heteroatoms. The molecule has 0 aliphatic carbocycles. The zero-order chi connectivity index (χ0) is 13.9. The molecule has 0 saturated heterocycles. The van der Waals surface area contributed by atoms with Gasteiger partial charge in [-0.2, -0.15) is 0 Å². The summed E-state index contributed by atoms with van der Waals surface area (Å²) in [5, 5.41) is 20.0. The summed E-state index contributed by atoms with van der Waals surface area (Å²) in [6.07, 6.45) is 0. The van der Waals surface area contributed by atoms with Gasteiger partial charge in [0.2, 0.25) is 0 Å². The largest absolute Gasteiger partial charge is 0.478 e. The van der Waals surface area contributed by atoms with Crippen LogP contribution < -0.4 is 4.90 Å². The average Bonchev–Trinajstić information content (AvgIpc) is 2.31. The molecule has 0 bridgehead atoms. The van der Waals surface area contributed by atoms with E-state index in [0.29, 0.717) is 13.1 Å². The first-order valence-corrected chi connectivity index (χ1v) is 5.76. The number of rotatable bonds is 5. The number of hydrogen-bond acceptors (Lipinski definition) is 4. The number of carboxylic acid groups (broad SMARTS) is 1. The molecule has 0 aromatic heterocycles. The molecule has 0 amide bonds. The van der Waals surface area contributed by atoms with E-state index in [2.05, 4.69) is 0 Å². The smallest absolute Gasteiger partial charge is 0.335 e. The normalized spacial score (nSPS) is 10.2. The van der Waals surface area contributed by atoms with Gasteiger partial charge in [0.15, 0.2) is 0 Å². The molecule has 0 saturated carbocycles. The summed E-state index contributed by atoms with van der Waals surface area (Å²) in [6, 6.07) is 2.26. The Labute approximate surface area is 109 Å². The Kier molecular flexibility index (Phi) is 4.49. The number of carbonyl (C=O) groups is 1. The molecule has 98 valence electrons. The summed E-state index contributed by atoms with van der Waals surface area (Å²) in [5.41, 5.74) is -0.220. The van der Waals surface area contributed by atoms with E-state index in [0.717, 1.165) is 6.07 Å². The molecule has 1 aromatic rings. The highest BCUT2D eigenvalue weighted by molar-refractivity contribution is 6.34. The van der Waals surface area contributed by atoms with Gasteiger partial charge in [0.25, 0.3) is 5.69 Å². The van der Waals surface area contributed by atoms with Crippen LogP contribution in [-0.4, -0.2) is 29.1 Å². The fourth-order valence-electron chi connectivity index (χ4n) is 1.70. The SMILES string of the molecule is CCN(CC)c1c(Cl)cc(C(=O)O)cc1[N+](=O)[O-]. The highest BCUT2D eigenvalue weighted by Gasteiger charge is 2.24. The van der Waals surface area contributed by atoms with Gasteiger partial charge in [0.1, 0.15) is 5.69 Å². The van der Waals surface area contributed by atoms with Crippen LogP contribution in [0, 0.1) is 10.1 Å². The van der Waals surface area contributed by atoms with Crippen molar-refractivity contribution in [2.45, 2.75) is 13.8 Å². The van der Waals surface area contributed by atoms with Crippen LogP contribution in [0.25, 0.3) is 0 Å². The maximum absolute atomic E-state index is 11.0. The highest BCUT2D eigenvalue weighted by atomic mass is 35.5. The lowest BCUT2D eigenvalue weighted by Crippen LogP contribution is -2.23. The van der Waals surface area contributed by atoms with Crippen molar-refractivity contribution in [2.24, 2.45) is 0 Å². The van der Waals surface area contributed by atoms with Gasteiger partial charge in [0.05, 0.1) is 15.5 Å². The Morgan fingerprint density at radius 1 is 1.44 bits per heavy atom. The van der Waals surface area contributed by atoms with Crippen LogP contribution in [0.1, 0.15) is 24.2 Å². The Balaban J connectivity index is 3.50. The van der Waals surface area contributed by atoms with Crippen LogP contribution in [0.15, 0.2) is 12.1 Å². The Hall–Kier alpha value is -1.82. The molecule has 0 aliphatic rings. The number of hydrogen-bond donors (Lipinski definition) is 1. The summed E-state index contributed by atoms with van der Waals surface area (Å²) in [7, 11) is 0. The van der Waals surface area contributed by atoms with Crippen molar-refractivity contribution >= 4 is 28.9 Å². The summed E-state index contributed by atoms with van der Waals surface area (Å²) in [5.74, 6) is -1.24. The molecular formula is C11H13ClN2O4. The second kappa shape index (κ2) is 5.68. The van der Waals surface area contributed by atoms with Gasteiger partial charge in [0, 0.05) is 19.2 Å². The molecule has 0 heterocycles. The number of nitro groups is 1. The van der Waals surface area contributed by atoms with Gasteiger partial charge in [-0.1, -0.05) is 11.6 Å². The topological polar surface area (TPSA) is 83.7 Å². The summed E-state index contributed by atoms with van der Waals surface area (Å²) in [4.78, 5) is 23.0. The molecule has 6 nitrogen and oxygen atoms in total. The van der Waals surface area contributed by atoms with Crippen molar-refractivity contribution < 1.29 is 14.8 Å². The number of halogens is 1. The molecule has 0 spiro atoms. The maximum atomic E-state index is 11.0. The number of aromatic carboxylic acids is 1. The van der Waals surface area contributed by atoms with E-state index < -0.39 is 10.9 Å².